The number of anilines is 1. The van der Waals surface area contributed by atoms with E-state index in [1.165, 1.54) is 29.2 Å². The van der Waals surface area contributed by atoms with Gasteiger partial charge in [0.2, 0.25) is 5.91 Å². The van der Waals surface area contributed by atoms with Gasteiger partial charge in [0.1, 0.15) is 16.0 Å². The first kappa shape index (κ1) is 20.4. The summed E-state index contributed by atoms with van der Waals surface area (Å²) in [5, 5.41) is 2.50. The molecular formula is C19H13ClF2N2O2S2. The molecule has 1 aliphatic heterocycles. The first-order valence-electron chi connectivity index (χ1n) is 8.09. The Balaban J connectivity index is 1.60. The predicted molar refractivity (Wildman–Crippen MR) is 111 cm³/mol. The van der Waals surface area contributed by atoms with Crippen LogP contribution in [-0.4, -0.2) is 27.6 Å². The number of halogens is 3. The predicted octanol–water partition coefficient (Wildman–Crippen LogP) is 4.85. The third kappa shape index (κ3) is 4.95. The van der Waals surface area contributed by atoms with E-state index < -0.39 is 5.82 Å². The van der Waals surface area contributed by atoms with Gasteiger partial charge in [0, 0.05) is 18.7 Å². The topological polar surface area (TPSA) is 49.4 Å². The van der Waals surface area contributed by atoms with Crippen LogP contribution in [0.3, 0.4) is 0 Å². The summed E-state index contributed by atoms with van der Waals surface area (Å²) in [5.41, 5.74) is 1.03. The Bertz CT molecular complexity index is 980. The van der Waals surface area contributed by atoms with Crippen LogP contribution in [0.1, 0.15) is 12.0 Å². The van der Waals surface area contributed by atoms with Crippen LogP contribution in [0.25, 0.3) is 6.08 Å². The summed E-state index contributed by atoms with van der Waals surface area (Å²) in [7, 11) is 0. The smallest absolute Gasteiger partial charge is 0.266 e. The van der Waals surface area contributed by atoms with Crippen molar-refractivity contribution in [3.05, 3.63) is 69.6 Å². The number of thiocarbonyl (C=S) groups is 1. The van der Waals surface area contributed by atoms with Gasteiger partial charge in [-0.05, 0) is 42.0 Å². The number of hydrogen-bond donors (Lipinski definition) is 1. The van der Waals surface area contributed by atoms with Gasteiger partial charge in [-0.3, -0.25) is 14.5 Å². The number of nitrogens with zero attached hydrogens (tertiary/aromatic N) is 1. The molecule has 2 aromatic rings. The average molecular weight is 439 g/mol. The highest BCUT2D eigenvalue weighted by Gasteiger charge is 2.32. The largest absolute Gasteiger partial charge is 0.326 e. The summed E-state index contributed by atoms with van der Waals surface area (Å²) in [6.07, 6.45) is 1.63. The standard InChI is InChI=1S/C19H13ClF2N2O2S2/c20-14-10-13(5-6-15(14)22)23-17(25)7-8-24-18(26)16(28-19(24)27)9-11-1-3-12(21)4-2-11/h1-6,9-10H,7-8H2,(H,23,25)/b16-9-. The van der Waals surface area contributed by atoms with Gasteiger partial charge in [-0.1, -0.05) is 47.7 Å². The normalized spacial score (nSPS) is 15.4. The lowest BCUT2D eigenvalue weighted by Gasteiger charge is -2.14. The molecule has 0 bridgehead atoms. The Morgan fingerprint density at radius 3 is 2.61 bits per heavy atom. The fraction of sp³-hybridized carbons (Fsp3) is 0.105. The van der Waals surface area contributed by atoms with Crippen molar-refractivity contribution in [2.75, 3.05) is 11.9 Å². The molecule has 1 aliphatic rings. The summed E-state index contributed by atoms with van der Waals surface area (Å²) in [6.45, 7) is 0.103. The highest BCUT2D eigenvalue weighted by Crippen LogP contribution is 2.32. The number of thioether (sulfide) groups is 1. The van der Waals surface area contributed by atoms with Crippen molar-refractivity contribution in [1.82, 2.24) is 4.90 Å². The molecule has 0 spiro atoms. The maximum Gasteiger partial charge on any atom is 0.266 e. The zero-order valence-corrected chi connectivity index (χ0v) is 16.6. The summed E-state index contributed by atoms with van der Waals surface area (Å²) >= 11 is 12.0. The number of nitrogens with one attached hydrogen (secondary N) is 1. The van der Waals surface area contributed by atoms with Gasteiger partial charge in [-0.2, -0.15) is 0 Å². The third-order valence-corrected chi connectivity index (χ3v) is 5.47. The van der Waals surface area contributed by atoms with Crippen LogP contribution in [0.4, 0.5) is 14.5 Å². The number of amides is 2. The fourth-order valence-corrected chi connectivity index (χ4v) is 3.90. The lowest BCUT2D eigenvalue weighted by Crippen LogP contribution is -2.31. The van der Waals surface area contributed by atoms with Crippen LogP contribution in [0.5, 0.6) is 0 Å². The maximum atomic E-state index is 13.2. The van der Waals surface area contributed by atoms with Crippen molar-refractivity contribution in [2.45, 2.75) is 6.42 Å². The van der Waals surface area contributed by atoms with Gasteiger partial charge in [-0.25, -0.2) is 8.78 Å². The zero-order chi connectivity index (χ0) is 20.3. The van der Waals surface area contributed by atoms with E-state index in [0.29, 0.717) is 20.5 Å². The first-order valence-corrected chi connectivity index (χ1v) is 9.69. The minimum Gasteiger partial charge on any atom is -0.326 e. The molecule has 1 heterocycles. The number of carbonyl (C=O) groups excluding carboxylic acids is 2. The van der Waals surface area contributed by atoms with Crippen LogP contribution in [0.2, 0.25) is 5.02 Å². The highest BCUT2D eigenvalue weighted by molar-refractivity contribution is 8.26. The number of hydrogen-bond acceptors (Lipinski definition) is 4. The minimum atomic E-state index is -0.579. The van der Waals surface area contributed by atoms with E-state index in [1.54, 1.807) is 18.2 Å². The molecule has 0 aromatic heterocycles. The van der Waals surface area contributed by atoms with Crippen molar-refractivity contribution in [2.24, 2.45) is 0 Å². The van der Waals surface area contributed by atoms with E-state index in [-0.39, 0.29) is 35.6 Å². The quantitative estimate of drug-likeness (QED) is 0.535. The molecule has 2 amide bonds. The van der Waals surface area contributed by atoms with Gasteiger partial charge in [0.25, 0.3) is 5.91 Å². The Morgan fingerprint density at radius 2 is 1.93 bits per heavy atom. The second-order valence-electron chi connectivity index (χ2n) is 5.81. The van der Waals surface area contributed by atoms with Gasteiger partial charge in [-0.15, -0.1) is 0 Å². The average Bonchev–Trinajstić information content (AvgIpc) is 2.91. The molecule has 144 valence electrons. The molecule has 0 aliphatic carbocycles. The molecule has 0 radical (unpaired) electrons. The molecule has 1 saturated heterocycles. The summed E-state index contributed by atoms with van der Waals surface area (Å²) in [4.78, 5) is 26.4. The Hall–Kier alpha value is -2.29. The third-order valence-electron chi connectivity index (χ3n) is 3.81. The first-order chi connectivity index (χ1) is 13.3. The van der Waals surface area contributed by atoms with Crippen LogP contribution >= 0.6 is 35.6 Å². The van der Waals surface area contributed by atoms with Gasteiger partial charge < -0.3 is 5.32 Å². The van der Waals surface area contributed by atoms with Crippen molar-refractivity contribution >= 4 is 63.5 Å². The fourth-order valence-electron chi connectivity index (χ4n) is 2.41. The van der Waals surface area contributed by atoms with Crippen LogP contribution < -0.4 is 5.32 Å². The van der Waals surface area contributed by atoms with Crippen molar-refractivity contribution < 1.29 is 18.4 Å². The minimum absolute atomic E-state index is 0.00522. The van der Waals surface area contributed by atoms with Gasteiger partial charge >= 0.3 is 0 Å². The molecular weight excluding hydrogens is 426 g/mol. The monoisotopic (exact) mass is 438 g/mol. The molecule has 9 heteroatoms. The van der Waals surface area contributed by atoms with E-state index in [9.17, 15) is 18.4 Å². The Morgan fingerprint density at radius 1 is 1.21 bits per heavy atom. The highest BCUT2D eigenvalue weighted by atomic mass is 35.5. The lowest BCUT2D eigenvalue weighted by atomic mass is 10.2. The van der Waals surface area contributed by atoms with E-state index in [0.717, 1.165) is 17.8 Å². The second-order valence-corrected chi connectivity index (χ2v) is 7.89. The van der Waals surface area contributed by atoms with E-state index in [1.807, 2.05) is 0 Å². The molecule has 0 saturated carbocycles. The van der Waals surface area contributed by atoms with Crippen LogP contribution in [0.15, 0.2) is 47.4 Å². The molecule has 0 unspecified atom stereocenters. The molecule has 28 heavy (non-hydrogen) atoms. The van der Waals surface area contributed by atoms with Gasteiger partial charge in [0.15, 0.2) is 0 Å². The SMILES string of the molecule is O=C(CCN1C(=O)/C(=C/c2ccc(F)cc2)SC1=S)Nc1ccc(F)c(Cl)c1. The lowest BCUT2D eigenvalue weighted by molar-refractivity contribution is -0.122. The number of rotatable bonds is 5. The molecule has 1 fully saturated rings. The summed E-state index contributed by atoms with van der Waals surface area (Å²) in [6, 6.07) is 9.58. The second kappa shape index (κ2) is 8.81. The van der Waals surface area contributed by atoms with Crippen LogP contribution in [-0.2, 0) is 9.59 Å². The Kier molecular flexibility index (Phi) is 6.43. The molecule has 3 rings (SSSR count). The zero-order valence-electron chi connectivity index (χ0n) is 14.2. The summed E-state index contributed by atoms with van der Waals surface area (Å²) < 4.78 is 26.5. The molecule has 0 atom stereocenters. The van der Waals surface area contributed by atoms with Crippen molar-refractivity contribution in [3.8, 4) is 0 Å². The number of carbonyl (C=O) groups is 2. The van der Waals surface area contributed by atoms with Crippen molar-refractivity contribution in [3.63, 3.8) is 0 Å². The van der Waals surface area contributed by atoms with Crippen molar-refractivity contribution in [1.29, 1.82) is 0 Å². The van der Waals surface area contributed by atoms with Crippen LogP contribution in [0, 0.1) is 11.6 Å². The number of benzene rings is 2. The van der Waals surface area contributed by atoms with Gasteiger partial charge in [0.05, 0.1) is 9.93 Å². The Labute approximate surface area is 174 Å². The molecule has 2 aromatic carbocycles. The van der Waals surface area contributed by atoms with E-state index in [2.05, 4.69) is 5.32 Å². The summed E-state index contributed by atoms with van der Waals surface area (Å²) in [5.74, 6) is -1.61. The maximum absolute atomic E-state index is 13.2. The molecule has 1 N–H and O–H groups in total. The van der Waals surface area contributed by atoms with E-state index >= 15 is 0 Å². The molecule has 4 nitrogen and oxygen atoms in total. The van der Waals surface area contributed by atoms with E-state index in [4.69, 9.17) is 23.8 Å².